The zero-order valence-electron chi connectivity index (χ0n) is 12.3. The minimum Gasteiger partial charge on any atom is -0.396 e. The fourth-order valence-corrected chi connectivity index (χ4v) is 2.94. The van der Waals surface area contributed by atoms with Crippen LogP contribution < -0.4 is 10.5 Å². The van der Waals surface area contributed by atoms with Crippen LogP contribution in [0.15, 0.2) is 17.0 Å². The molecule has 0 unspecified atom stereocenters. The van der Waals surface area contributed by atoms with E-state index < -0.39 is 15.8 Å². The molecule has 6 nitrogen and oxygen atoms in total. The van der Waals surface area contributed by atoms with Crippen LogP contribution in [0.3, 0.4) is 0 Å². The molecular formula is C13H20FN3O3S. The standard InChI is InChI=1S/C13H20FN3O3S/c1-4-17(5-2)12(18)8-16-21(19,20)10-6-9(3)13(14)11(15)7-10/h6-7,16H,4-5,8,15H2,1-3H3. The molecule has 1 aromatic carbocycles. The van der Waals surface area contributed by atoms with Crippen molar-refractivity contribution in [2.45, 2.75) is 25.7 Å². The zero-order valence-corrected chi connectivity index (χ0v) is 13.1. The predicted molar refractivity (Wildman–Crippen MR) is 78.7 cm³/mol. The molecule has 0 heterocycles. The molecule has 8 heteroatoms. The molecule has 1 amide bonds. The van der Waals surface area contributed by atoms with E-state index in [-0.39, 0.29) is 28.6 Å². The van der Waals surface area contributed by atoms with Crippen LogP contribution in [0.4, 0.5) is 10.1 Å². The highest BCUT2D eigenvalue weighted by atomic mass is 32.2. The van der Waals surface area contributed by atoms with Crippen molar-refractivity contribution in [2.75, 3.05) is 25.4 Å². The van der Waals surface area contributed by atoms with Crippen LogP contribution in [0, 0.1) is 12.7 Å². The summed E-state index contributed by atoms with van der Waals surface area (Å²) in [6.45, 7) is 5.69. The fraction of sp³-hybridized carbons (Fsp3) is 0.462. The number of nitrogens with one attached hydrogen (secondary N) is 1. The quantitative estimate of drug-likeness (QED) is 0.761. The van der Waals surface area contributed by atoms with Crippen LogP contribution in [0.25, 0.3) is 0 Å². The SMILES string of the molecule is CCN(CC)C(=O)CNS(=O)(=O)c1cc(C)c(F)c(N)c1. The average Bonchev–Trinajstić information content (AvgIpc) is 2.43. The van der Waals surface area contributed by atoms with Crippen LogP contribution >= 0.6 is 0 Å². The van der Waals surface area contributed by atoms with Crippen molar-refractivity contribution in [1.82, 2.24) is 9.62 Å². The monoisotopic (exact) mass is 317 g/mol. The van der Waals surface area contributed by atoms with Gasteiger partial charge in [-0.2, -0.15) is 0 Å². The van der Waals surface area contributed by atoms with Crippen molar-refractivity contribution in [3.8, 4) is 0 Å². The molecule has 0 radical (unpaired) electrons. The number of halogens is 1. The lowest BCUT2D eigenvalue weighted by atomic mass is 10.2. The Morgan fingerprint density at radius 1 is 1.33 bits per heavy atom. The summed E-state index contributed by atoms with van der Waals surface area (Å²) in [5.74, 6) is -0.969. The summed E-state index contributed by atoms with van der Waals surface area (Å²) < 4.78 is 39.8. The van der Waals surface area contributed by atoms with Crippen molar-refractivity contribution in [3.63, 3.8) is 0 Å². The molecule has 0 aliphatic heterocycles. The van der Waals surface area contributed by atoms with E-state index in [1.807, 2.05) is 0 Å². The van der Waals surface area contributed by atoms with Crippen molar-refractivity contribution < 1.29 is 17.6 Å². The average molecular weight is 317 g/mol. The number of nitrogen functional groups attached to an aromatic ring is 1. The van der Waals surface area contributed by atoms with Gasteiger partial charge in [-0.3, -0.25) is 4.79 Å². The highest BCUT2D eigenvalue weighted by Crippen LogP contribution is 2.20. The van der Waals surface area contributed by atoms with E-state index >= 15 is 0 Å². The lowest BCUT2D eigenvalue weighted by Gasteiger charge is -2.18. The Bertz CT molecular complexity index is 605. The Hall–Kier alpha value is -1.67. The van der Waals surface area contributed by atoms with Crippen LogP contribution in [0.1, 0.15) is 19.4 Å². The van der Waals surface area contributed by atoms with Gasteiger partial charge in [0, 0.05) is 13.1 Å². The molecule has 118 valence electrons. The van der Waals surface area contributed by atoms with Crippen LogP contribution in [0.2, 0.25) is 0 Å². The second-order valence-corrected chi connectivity index (χ2v) is 6.30. The number of likely N-dealkylation sites (N-methyl/N-ethyl adjacent to an activating group) is 1. The number of carbonyl (C=O) groups excluding carboxylic acids is 1. The van der Waals surface area contributed by atoms with Gasteiger partial charge in [-0.05, 0) is 38.5 Å². The number of rotatable bonds is 6. The van der Waals surface area contributed by atoms with Crippen LogP contribution in [-0.4, -0.2) is 38.9 Å². The smallest absolute Gasteiger partial charge is 0.241 e. The van der Waals surface area contributed by atoms with Gasteiger partial charge in [-0.1, -0.05) is 0 Å². The van der Waals surface area contributed by atoms with Crippen molar-refractivity contribution in [3.05, 3.63) is 23.5 Å². The van der Waals surface area contributed by atoms with E-state index in [1.165, 1.54) is 17.9 Å². The molecule has 21 heavy (non-hydrogen) atoms. The topological polar surface area (TPSA) is 92.5 Å². The van der Waals surface area contributed by atoms with E-state index in [1.54, 1.807) is 13.8 Å². The normalized spacial score (nSPS) is 11.4. The maximum atomic E-state index is 13.4. The molecule has 0 saturated heterocycles. The van der Waals surface area contributed by atoms with Gasteiger partial charge in [0.05, 0.1) is 17.1 Å². The maximum absolute atomic E-state index is 13.4. The summed E-state index contributed by atoms with van der Waals surface area (Å²) in [6.07, 6.45) is 0. The molecule has 0 spiro atoms. The van der Waals surface area contributed by atoms with Gasteiger partial charge in [0.1, 0.15) is 5.82 Å². The summed E-state index contributed by atoms with van der Waals surface area (Å²) in [7, 11) is -3.91. The van der Waals surface area contributed by atoms with E-state index in [4.69, 9.17) is 5.73 Å². The Morgan fingerprint density at radius 3 is 2.38 bits per heavy atom. The number of hydrogen-bond acceptors (Lipinski definition) is 4. The van der Waals surface area contributed by atoms with Gasteiger partial charge < -0.3 is 10.6 Å². The molecule has 3 N–H and O–H groups in total. The first-order valence-corrected chi connectivity index (χ1v) is 8.04. The third-order valence-corrected chi connectivity index (χ3v) is 4.48. The predicted octanol–water partition coefficient (Wildman–Crippen LogP) is 0.863. The molecular weight excluding hydrogens is 297 g/mol. The number of anilines is 1. The molecule has 0 aliphatic rings. The Labute approximate surface area is 124 Å². The molecule has 0 fully saturated rings. The number of nitrogens with zero attached hydrogens (tertiary/aromatic N) is 1. The van der Waals surface area contributed by atoms with Crippen molar-refractivity contribution in [2.24, 2.45) is 0 Å². The van der Waals surface area contributed by atoms with Crippen LogP contribution in [-0.2, 0) is 14.8 Å². The molecule has 0 atom stereocenters. The number of aryl methyl sites for hydroxylation is 1. The minimum absolute atomic E-state index is 0.130. The Balaban J connectivity index is 2.90. The van der Waals surface area contributed by atoms with Crippen molar-refractivity contribution >= 4 is 21.6 Å². The van der Waals surface area contributed by atoms with E-state index in [9.17, 15) is 17.6 Å². The first-order valence-electron chi connectivity index (χ1n) is 6.56. The first kappa shape index (κ1) is 17.4. The number of carbonyl (C=O) groups is 1. The van der Waals surface area contributed by atoms with Gasteiger partial charge in [0.25, 0.3) is 0 Å². The number of amides is 1. The van der Waals surface area contributed by atoms with Crippen molar-refractivity contribution in [1.29, 1.82) is 0 Å². The highest BCUT2D eigenvalue weighted by molar-refractivity contribution is 7.89. The third kappa shape index (κ3) is 4.15. The minimum atomic E-state index is -3.91. The molecule has 0 bridgehead atoms. The fourth-order valence-electron chi connectivity index (χ4n) is 1.85. The summed E-state index contributed by atoms with van der Waals surface area (Å²) in [5.41, 5.74) is 5.31. The summed E-state index contributed by atoms with van der Waals surface area (Å²) in [4.78, 5) is 13.1. The highest BCUT2D eigenvalue weighted by Gasteiger charge is 2.19. The second-order valence-electron chi connectivity index (χ2n) is 4.53. The third-order valence-electron chi connectivity index (χ3n) is 3.10. The second kappa shape index (κ2) is 6.86. The molecule has 1 rings (SSSR count). The van der Waals surface area contributed by atoms with Gasteiger partial charge in [0.15, 0.2) is 0 Å². The largest absolute Gasteiger partial charge is 0.396 e. The number of sulfonamides is 1. The molecule has 0 saturated carbocycles. The summed E-state index contributed by atoms with van der Waals surface area (Å²) in [5, 5.41) is 0. The van der Waals surface area contributed by atoms with Gasteiger partial charge in [-0.15, -0.1) is 0 Å². The van der Waals surface area contributed by atoms with Gasteiger partial charge in [0.2, 0.25) is 15.9 Å². The molecule has 0 aromatic heterocycles. The number of hydrogen-bond donors (Lipinski definition) is 2. The molecule has 1 aromatic rings. The number of benzene rings is 1. The van der Waals surface area contributed by atoms with E-state index in [0.717, 1.165) is 6.07 Å². The summed E-state index contributed by atoms with van der Waals surface area (Å²) in [6, 6.07) is 2.21. The first-order chi connectivity index (χ1) is 9.72. The van der Waals surface area contributed by atoms with Crippen LogP contribution in [0.5, 0.6) is 0 Å². The lowest BCUT2D eigenvalue weighted by Crippen LogP contribution is -2.40. The van der Waals surface area contributed by atoms with Gasteiger partial charge in [-0.25, -0.2) is 17.5 Å². The Morgan fingerprint density at radius 2 is 1.90 bits per heavy atom. The summed E-state index contributed by atoms with van der Waals surface area (Å²) >= 11 is 0. The zero-order chi connectivity index (χ0) is 16.2. The molecule has 0 aliphatic carbocycles. The van der Waals surface area contributed by atoms with E-state index in [2.05, 4.69) is 4.72 Å². The Kier molecular flexibility index (Phi) is 5.68. The maximum Gasteiger partial charge on any atom is 0.241 e. The number of nitrogens with two attached hydrogens (primary N) is 1. The van der Waals surface area contributed by atoms with Gasteiger partial charge >= 0.3 is 0 Å². The lowest BCUT2D eigenvalue weighted by molar-refractivity contribution is -0.129. The van der Waals surface area contributed by atoms with E-state index in [0.29, 0.717) is 13.1 Å².